The molecule has 0 aliphatic rings. The second-order valence-corrected chi connectivity index (χ2v) is 3.14. The van der Waals surface area contributed by atoms with Crippen LogP contribution in [0.5, 0.6) is 5.75 Å². The van der Waals surface area contributed by atoms with E-state index in [-0.39, 0.29) is 6.61 Å². The van der Waals surface area contributed by atoms with Crippen LogP contribution in [-0.2, 0) is 6.42 Å². The number of para-hydroxylation sites is 1. The molecule has 0 saturated carbocycles. The van der Waals surface area contributed by atoms with Crippen LogP contribution in [0.25, 0.3) is 0 Å². The summed E-state index contributed by atoms with van der Waals surface area (Å²) in [4.78, 5) is 0. The molecular weight excluding hydrogens is 181 g/mol. The number of alkyl halides is 1. The Labute approximate surface area is 83.9 Å². The molecule has 0 aromatic heterocycles. The van der Waals surface area contributed by atoms with Crippen LogP contribution >= 0.6 is 0 Å². The van der Waals surface area contributed by atoms with Crippen molar-refractivity contribution >= 4 is 0 Å². The Kier molecular flexibility index (Phi) is 4.40. The zero-order valence-corrected chi connectivity index (χ0v) is 8.42. The number of nitrogens with two attached hydrogens (primary N) is 1. The summed E-state index contributed by atoms with van der Waals surface area (Å²) in [6.45, 7) is 2.18. The lowest BCUT2D eigenvalue weighted by molar-refractivity contribution is 0.269. The summed E-state index contributed by atoms with van der Waals surface area (Å²) < 4.78 is 17.3. The molecule has 0 unspecified atom stereocenters. The van der Waals surface area contributed by atoms with Gasteiger partial charge < -0.3 is 10.5 Å². The molecule has 1 aromatic carbocycles. The Morgan fingerprint density at radius 1 is 1.43 bits per heavy atom. The molecule has 2 N–H and O–H groups in total. The lowest BCUT2D eigenvalue weighted by Gasteiger charge is -2.12. The van der Waals surface area contributed by atoms with Crippen molar-refractivity contribution in [2.75, 3.05) is 19.8 Å². The van der Waals surface area contributed by atoms with Crippen molar-refractivity contribution in [2.24, 2.45) is 5.73 Å². The van der Waals surface area contributed by atoms with Gasteiger partial charge in [-0.3, -0.25) is 0 Å². The Morgan fingerprint density at radius 2 is 2.21 bits per heavy atom. The fraction of sp³-hybridized carbons (Fsp3) is 0.455. The first-order valence-electron chi connectivity index (χ1n) is 4.77. The van der Waals surface area contributed by atoms with Crippen molar-refractivity contribution < 1.29 is 9.13 Å². The predicted octanol–water partition coefficient (Wildman–Crippen LogP) is 1.84. The Balaban J connectivity index is 2.84. The van der Waals surface area contributed by atoms with Gasteiger partial charge in [0.25, 0.3) is 0 Å². The number of aryl methyl sites for hydroxylation is 1. The standard InChI is InChI=1S/C11H16FNO/c1-9-3-2-4-10(5-7-13)11(9)14-8-6-12/h2-4H,5-8,13H2,1H3. The third-order valence-electron chi connectivity index (χ3n) is 2.03. The lowest BCUT2D eigenvalue weighted by Crippen LogP contribution is -2.07. The van der Waals surface area contributed by atoms with E-state index in [1.165, 1.54) is 0 Å². The van der Waals surface area contributed by atoms with Crippen LogP contribution in [-0.4, -0.2) is 19.8 Å². The number of hydrogen-bond donors (Lipinski definition) is 1. The van der Waals surface area contributed by atoms with Crippen LogP contribution in [0.1, 0.15) is 11.1 Å². The number of benzene rings is 1. The summed E-state index contributed by atoms with van der Waals surface area (Å²) in [6.07, 6.45) is 0.767. The largest absolute Gasteiger partial charge is 0.490 e. The highest BCUT2D eigenvalue weighted by atomic mass is 19.1. The van der Waals surface area contributed by atoms with E-state index in [0.29, 0.717) is 6.54 Å². The first-order chi connectivity index (χ1) is 6.79. The van der Waals surface area contributed by atoms with Gasteiger partial charge in [-0.05, 0) is 31.0 Å². The van der Waals surface area contributed by atoms with Crippen LogP contribution in [0.4, 0.5) is 4.39 Å². The van der Waals surface area contributed by atoms with Gasteiger partial charge in [0, 0.05) is 0 Å². The van der Waals surface area contributed by atoms with E-state index < -0.39 is 6.67 Å². The first-order valence-corrected chi connectivity index (χ1v) is 4.77. The molecule has 0 bridgehead atoms. The van der Waals surface area contributed by atoms with E-state index in [2.05, 4.69) is 0 Å². The highest BCUT2D eigenvalue weighted by molar-refractivity contribution is 5.40. The summed E-state index contributed by atoms with van der Waals surface area (Å²) in [5.41, 5.74) is 7.57. The van der Waals surface area contributed by atoms with Crippen LogP contribution in [0.3, 0.4) is 0 Å². The molecule has 1 rings (SSSR count). The molecule has 0 amide bonds. The average Bonchev–Trinajstić information content (AvgIpc) is 2.18. The van der Waals surface area contributed by atoms with E-state index in [9.17, 15) is 4.39 Å². The maximum absolute atomic E-state index is 12.0. The summed E-state index contributed by atoms with van der Waals surface area (Å²) in [6, 6.07) is 5.88. The van der Waals surface area contributed by atoms with Gasteiger partial charge in [0.2, 0.25) is 0 Å². The molecule has 0 heterocycles. The zero-order valence-electron chi connectivity index (χ0n) is 8.42. The average molecular weight is 197 g/mol. The van der Waals surface area contributed by atoms with E-state index in [1.807, 2.05) is 25.1 Å². The van der Waals surface area contributed by atoms with Crippen LogP contribution in [0.15, 0.2) is 18.2 Å². The fourth-order valence-electron chi connectivity index (χ4n) is 1.41. The smallest absolute Gasteiger partial charge is 0.125 e. The SMILES string of the molecule is Cc1cccc(CCN)c1OCCF. The summed E-state index contributed by atoms with van der Waals surface area (Å²) in [7, 11) is 0. The third-order valence-corrected chi connectivity index (χ3v) is 2.03. The van der Waals surface area contributed by atoms with Gasteiger partial charge in [-0.15, -0.1) is 0 Å². The Bertz CT molecular complexity index is 289. The third kappa shape index (κ3) is 2.70. The monoisotopic (exact) mass is 197 g/mol. The molecule has 0 fully saturated rings. The summed E-state index contributed by atoms with van der Waals surface area (Å²) in [5.74, 6) is 0.788. The van der Waals surface area contributed by atoms with Gasteiger partial charge in [0.15, 0.2) is 0 Å². The molecule has 0 aliphatic carbocycles. The number of halogens is 1. The normalized spacial score (nSPS) is 10.2. The van der Waals surface area contributed by atoms with Crippen molar-refractivity contribution in [3.63, 3.8) is 0 Å². The summed E-state index contributed by atoms with van der Waals surface area (Å²) in [5, 5.41) is 0. The number of rotatable bonds is 5. The number of hydrogen-bond acceptors (Lipinski definition) is 2. The molecule has 14 heavy (non-hydrogen) atoms. The lowest BCUT2D eigenvalue weighted by atomic mass is 10.1. The molecule has 0 radical (unpaired) electrons. The van der Waals surface area contributed by atoms with Gasteiger partial charge in [-0.2, -0.15) is 0 Å². The highest BCUT2D eigenvalue weighted by Crippen LogP contribution is 2.23. The predicted molar refractivity (Wildman–Crippen MR) is 55.4 cm³/mol. The maximum atomic E-state index is 12.0. The van der Waals surface area contributed by atoms with Gasteiger partial charge in [0.1, 0.15) is 19.0 Å². The molecular formula is C11H16FNO. The van der Waals surface area contributed by atoms with Crippen LogP contribution in [0.2, 0.25) is 0 Å². The van der Waals surface area contributed by atoms with Crippen molar-refractivity contribution in [1.82, 2.24) is 0 Å². The molecule has 3 heteroatoms. The van der Waals surface area contributed by atoms with E-state index in [0.717, 1.165) is 23.3 Å². The minimum absolute atomic E-state index is 0.114. The summed E-state index contributed by atoms with van der Waals surface area (Å²) >= 11 is 0. The highest BCUT2D eigenvalue weighted by Gasteiger charge is 2.05. The second kappa shape index (κ2) is 5.60. The minimum atomic E-state index is -0.462. The van der Waals surface area contributed by atoms with Gasteiger partial charge in [-0.1, -0.05) is 18.2 Å². The molecule has 0 aliphatic heterocycles. The van der Waals surface area contributed by atoms with E-state index >= 15 is 0 Å². The molecule has 0 spiro atoms. The van der Waals surface area contributed by atoms with Gasteiger partial charge in [0.05, 0.1) is 0 Å². The first kappa shape index (κ1) is 11.0. The maximum Gasteiger partial charge on any atom is 0.125 e. The van der Waals surface area contributed by atoms with Crippen LogP contribution < -0.4 is 10.5 Å². The molecule has 0 saturated heterocycles. The molecule has 1 aromatic rings. The Hall–Kier alpha value is -1.09. The van der Waals surface area contributed by atoms with Crippen molar-refractivity contribution in [3.05, 3.63) is 29.3 Å². The molecule has 78 valence electrons. The van der Waals surface area contributed by atoms with Gasteiger partial charge in [-0.25, -0.2) is 4.39 Å². The second-order valence-electron chi connectivity index (χ2n) is 3.14. The van der Waals surface area contributed by atoms with Gasteiger partial charge >= 0.3 is 0 Å². The molecule has 2 nitrogen and oxygen atoms in total. The van der Waals surface area contributed by atoms with Crippen molar-refractivity contribution in [3.8, 4) is 5.75 Å². The molecule has 0 atom stereocenters. The topological polar surface area (TPSA) is 35.2 Å². The van der Waals surface area contributed by atoms with Crippen molar-refractivity contribution in [1.29, 1.82) is 0 Å². The van der Waals surface area contributed by atoms with E-state index in [4.69, 9.17) is 10.5 Å². The Morgan fingerprint density at radius 3 is 2.86 bits per heavy atom. The quantitative estimate of drug-likeness (QED) is 0.781. The number of ether oxygens (including phenoxy) is 1. The van der Waals surface area contributed by atoms with Crippen LogP contribution in [0, 0.1) is 6.92 Å². The van der Waals surface area contributed by atoms with E-state index in [1.54, 1.807) is 0 Å². The fourth-order valence-corrected chi connectivity index (χ4v) is 1.41. The zero-order chi connectivity index (χ0) is 10.4. The minimum Gasteiger partial charge on any atom is -0.490 e. The van der Waals surface area contributed by atoms with Crippen molar-refractivity contribution in [2.45, 2.75) is 13.3 Å².